The largest absolute Gasteiger partial charge is 0.377 e. The van der Waals surface area contributed by atoms with Gasteiger partial charge >= 0.3 is 0 Å². The summed E-state index contributed by atoms with van der Waals surface area (Å²) >= 11 is 7.95. The maximum atomic E-state index is 5.99. The van der Waals surface area contributed by atoms with E-state index in [4.69, 9.17) is 20.9 Å². The molecule has 0 aliphatic carbocycles. The summed E-state index contributed by atoms with van der Waals surface area (Å²) in [5.74, 6) is 3.40. The van der Waals surface area contributed by atoms with Crippen LogP contribution in [0.5, 0.6) is 0 Å². The zero-order chi connectivity index (χ0) is 15.4. The number of ether oxygens (including phenoxy) is 1. The molecule has 7 heteroatoms. The van der Waals surface area contributed by atoms with Crippen molar-refractivity contribution < 1.29 is 9.26 Å². The van der Waals surface area contributed by atoms with Gasteiger partial charge in [0, 0.05) is 36.2 Å². The standard InChI is InChI=1S/C15H18ClN3O2S/c1-20-9-14-17-15(21-18-14)8-19-6-7-22-10-13(19)11-2-4-12(16)5-3-11/h2-5,13H,6-10H2,1H3/t13-/m0/s1. The van der Waals surface area contributed by atoms with Crippen molar-refractivity contribution in [2.75, 3.05) is 25.2 Å². The topological polar surface area (TPSA) is 51.4 Å². The van der Waals surface area contributed by atoms with Gasteiger partial charge in [-0.3, -0.25) is 4.90 Å². The predicted octanol–water partition coefficient (Wildman–Crippen LogP) is 3.16. The van der Waals surface area contributed by atoms with Crippen molar-refractivity contribution in [3.05, 3.63) is 46.6 Å². The number of hydrogen-bond donors (Lipinski definition) is 0. The molecule has 0 bridgehead atoms. The van der Waals surface area contributed by atoms with E-state index in [2.05, 4.69) is 27.2 Å². The third-order valence-corrected chi connectivity index (χ3v) is 4.89. The first kappa shape index (κ1) is 15.8. The van der Waals surface area contributed by atoms with Crippen LogP contribution in [0.3, 0.4) is 0 Å². The number of aromatic nitrogens is 2. The summed E-state index contributed by atoms with van der Waals surface area (Å²) in [6.45, 7) is 2.03. The molecule has 1 aromatic carbocycles. The van der Waals surface area contributed by atoms with Crippen LogP contribution < -0.4 is 0 Å². The number of rotatable bonds is 5. The smallest absolute Gasteiger partial charge is 0.240 e. The highest BCUT2D eigenvalue weighted by Crippen LogP contribution is 2.31. The van der Waals surface area contributed by atoms with E-state index in [9.17, 15) is 0 Å². The molecule has 5 nitrogen and oxygen atoms in total. The van der Waals surface area contributed by atoms with Gasteiger partial charge in [-0.15, -0.1) is 0 Å². The number of hydrogen-bond acceptors (Lipinski definition) is 6. The average Bonchev–Trinajstić information content (AvgIpc) is 2.96. The summed E-state index contributed by atoms with van der Waals surface area (Å²) in [6.07, 6.45) is 0. The molecule has 2 aromatic rings. The second-order valence-electron chi connectivity index (χ2n) is 5.15. The van der Waals surface area contributed by atoms with Crippen molar-refractivity contribution in [1.82, 2.24) is 15.0 Å². The molecule has 1 atom stereocenters. The van der Waals surface area contributed by atoms with Crippen LogP contribution in [0.25, 0.3) is 0 Å². The Morgan fingerprint density at radius 1 is 1.41 bits per heavy atom. The first-order valence-electron chi connectivity index (χ1n) is 7.14. The molecule has 1 aromatic heterocycles. The van der Waals surface area contributed by atoms with Crippen LogP contribution in [0.2, 0.25) is 5.02 Å². The van der Waals surface area contributed by atoms with Crippen LogP contribution in [-0.4, -0.2) is 40.2 Å². The van der Waals surface area contributed by atoms with Crippen LogP contribution >= 0.6 is 23.4 Å². The fourth-order valence-corrected chi connectivity index (χ4v) is 3.82. The summed E-state index contributed by atoms with van der Waals surface area (Å²) in [5, 5.41) is 4.68. The normalized spacial score (nSPS) is 19.5. The minimum Gasteiger partial charge on any atom is -0.377 e. The molecule has 0 unspecified atom stereocenters. The van der Waals surface area contributed by atoms with Crippen LogP contribution in [0.1, 0.15) is 23.3 Å². The lowest BCUT2D eigenvalue weighted by Crippen LogP contribution is -2.35. The lowest BCUT2D eigenvalue weighted by Gasteiger charge is -2.34. The van der Waals surface area contributed by atoms with Gasteiger partial charge in [-0.1, -0.05) is 28.9 Å². The highest BCUT2D eigenvalue weighted by molar-refractivity contribution is 7.99. The zero-order valence-corrected chi connectivity index (χ0v) is 13.9. The monoisotopic (exact) mass is 339 g/mol. The lowest BCUT2D eigenvalue weighted by molar-refractivity contribution is 0.173. The molecule has 0 radical (unpaired) electrons. The Balaban J connectivity index is 1.72. The summed E-state index contributed by atoms with van der Waals surface area (Å²) < 4.78 is 10.3. The summed E-state index contributed by atoms with van der Waals surface area (Å²) in [6, 6.07) is 8.41. The molecular weight excluding hydrogens is 322 g/mol. The van der Waals surface area contributed by atoms with E-state index in [-0.39, 0.29) is 0 Å². The average molecular weight is 340 g/mol. The molecule has 1 fully saturated rings. The number of halogens is 1. The minimum absolute atomic E-state index is 0.341. The third-order valence-electron chi connectivity index (χ3n) is 3.62. The van der Waals surface area contributed by atoms with E-state index < -0.39 is 0 Å². The highest BCUT2D eigenvalue weighted by atomic mass is 35.5. The van der Waals surface area contributed by atoms with Gasteiger partial charge in [-0.25, -0.2) is 0 Å². The summed E-state index contributed by atoms with van der Waals surface area (Å²) in [5.41, 5.74) is 1.27. The van der Waals surface area contributed by atoms with Gasteiger partial charge < -0.3 is 9.26 Å². The molecule has 22 heavy (non-hydrogen) atoms. The molecule has 0 spiro atoms. The Bertz CT molecular complexity index is 605. The molecule has 2 heterocycles. The molecular formula is C15H18ClN3O2S. The Labute approximate surface area is 139 Å². The molecule has 0 amide bonds. The molecule has 3 rings (SSSR count). The molecule has 1 aliphatic rings. The number of nitrogens with zero attached hydrogens (tertiary/aromatic N) is 3. The molecule has 118 valence electrons. The van der Waals surface area contributed by atoms with Gasteiger partial charge in [0.2, 0.25) is 5.89 Å². The Hall–Kier alpha value is -1.08. The van der Waals surface area contributed by atoms with Crippen molar-refractivity contribution in [3.8, 4) is 0 Å². The number of thioether (sulfide) groups is 1. The quantitative estimate of drug-likeness (QED) is 0.834. The maximum Gasteiger partial charge on any atom is 0.240 e. The first-order valence-corrected chi connectivity index (χ1v) is 8.67. The fourth-order valence-electron chi connectivity index (χ4n) is 2.54. The van der Waals surface area contributed by atoms with Gasteiger partial charge in [0.1, 0.15) is 6.61 Å². The minimum atomic E-state index is 0.341. The summed E-state index contributed by atoms with van der Waals surface area (Å²) in [7, 11) is 1.62. The Morgan fingerprint density at radius 2 is 2.23 bits per heavy atom. The zero-order valence-electron chi connectivity index (χ0n) is 12.4. The third kappa shape index (κ3) is 3.81. The van der Waals surface area contributed by atoms with E-state index in [1.165, 1.54) is 5.56 Å². The second-order valence-corrected chi connectivity index (χ2v) is 6.74. The van der Waals surface area contributed by atoms with Crippen molar-refractivity contribution in [1.29, 1.82) is 0 Å². The SMILES string of the molecule is COCc1noc(CN2CCSC[C@H]2c2ccc(Cl)cc2)n1. The van der Waals surface area contributed by atoms with E-state index in [1.807, 2.05) is 23.9 Å². The van der Waals surface area contributed by atoms with Crippen molar-refractivity contribution >= 4 is 23.4 Å². The van der Waals surface area contributed by atoms with Gasteiger partial charge in [-0.05, 0) is 17.7 Å². The van der Waals surface area contributed by atoms with Gasteiger partial charge in [0.05, 0.1) is 6.54 Å². The molecule has 0 N–H and O–H groups in total. The summed E-state index contributed by atoms with van der Waals surface area (Å²) in [4.78, 5) is 6.74. The molecule has 1 aliphatic heterocycles. The predicted molar refractivity (Wildman–Crippen MR) is 86.9 cm³/mol. The van der Waals surface area contributed by atoms with Crippen LogP contribution in [0.4, 0.5) is 0 Å². The maximum absolute atomic E-state index is 5.99. The number of methoxy groups -OCH3 is 1. The second kappa shape index (κ2) is 7.46. The van der Waals surface area contributed by atoms with Gasteiger partial charge in [-0.2, -0.15) is 16.7 Å². The van der Waals surface area contributed by atoms with Crippen molar-refractivity contribution in [3.63, 3.8) is 0 Å². The van der Waals surface area contributed by atoms with Crippen LogP contribution in [0, 0.1) is 0 Å². The molecule has 0 saturated carbocycles. The number of benzene rings is 1. The van der Waals surface area contributed by atoms with Crippen LogP contribution in [0.15, 0.2) is 28.8 Å². The van der Waals surface area contributed by atoms with E-state index >= 15 is 0 Å². The van der Waals surface area contributed by atoms with Gasteiger partial charge in [0.15, 0.2) is 5.82 Å². The van der Waals surface area contributed by atoms with Crippen LogP contribution in [-0.2, 0) is 17.9 Å². The molecule has 1 saturated heterocycles. The lowest BCUT2D eigenvalue weighted by atomic mass is 10.1. The van der Waals surface area contributed by atoms with E-state index in [1.54, 1.807) is 7.11 Å². The Morgan fingerprint density at radius 3 is 3.00 bits per heavy atom. The van der Waals surface area contributed by atoms with E-state index in [0.717, 1.165) is 23.1 Å². The Kier molecular flexibility index (Phi) is 5.36. The van der Waals surface area contributed by atoms with E-state index in [0.29, 0.717) is 30.9 Å². The fraction of sp³-hybridized carbons (Fsp3) is 0.467. The van der Waals surface area contributed by atoms with Gasteiger partial charge in [0.25, 0.3) is 0 Å². The first-order chi connectivity index (χ1) is 10.8. The van der Waals surface area contributed by atoms with Crippen molar-refractivity contribution in [2.24, 2.45) is 0 Å². The highest BCUT2D eigenvalue weighted by Gasteiger charge is 2.26. The van der Waals surface area contributed by atoms with Crippen molar-refractivity contribution in [2.45, 2.75) is 19.2 Å².